The van der Waals surface area contributed by atoms with E-state index >= 15 is 0 Å². The maximum Gasteiger partial charge on any atom is 0.269 e. The van der Waals surface area contributed by atoms with Crippen molar-refractivity contribution in [1.29, 1.82) is 0 Å². The molecule has 1 N–H and O–H groups in total. The highest BCUT2D eigenvalue weighted by molar-refractivity contribution is 7.88. The summed E-state index contributed by atoms with van der Waals surface area (Å²) in [7, 11) is -0.0422. The van der Waals surface area contributed by atoms with E-state index in [-0.39, 0.29) is 11.4 Å². The SMILES string of the molecule is CNCCCN(C)S(=O)(=O)Cc1ccc([N+](=O)[O-])cc1. The van der Waals surface area contributed by atoms with Gasteiger partial charge in [-0.2, -0.15) is 0 Å². The summed E-state index contributed by atoms with van der Waals surface area (Å²) in [6.07, 6.45) is 0.729. The molecular formula is C12H19N3O4S. The normalized spacial score (nSPS) is 11.8. The van der Waals surface area contributed by atoms with Crippen LogP contribution < -0.4 is 5.32 Å². The molecule has 0 aliphatic heterocycles. The number of nitro groups is 1. The molecule has 0 aromatic heterocycles. The molecule has 112 valence electrons. The summed E-state index contributed by atoms with van der Waals surface area (Å²) >= 11 is 0. The van der Waals surface area contributed by atoms with Gasteiger partial charge in [-0.25, -0.2) is 12.7 Å². The van der Waals surface area contributed by atoms with Gasteiger partial charge < -0.3 is 5.32 Å². The fraction of sp³-hybridized carbons (Fsp3) is 0.500. The van der Waals surface area contributed by atoms with Gasteiger partial charge in [0.1, 0.15) is 0 Å². The molecule has 0 spiro atoms. The van der Waals surface area contributed by atoms with Crippen molar-refractivity contribution in [1.82, 2.24) is 9.62 Å². The molecule has 0 unspecified atom stereocenters. The summed E-state index contributed by atoms with van der Waals surface area (Å²) in [5, 5.41) is 13.5. The van der Waals surface area contributed by atoms with E-state index in [0.29, 0.717) is 12.1 Å². The highest BCUT2D eigenvalue weighted by Gasteiger charge is 2.18. The second kappa shape index (κ2) is 7.32. The van der Waals surface area contributed by atoms with Gasteiger partial charge in [0.2, 0.25) is 10.0 Å². The molecule has 0 saturated heterocycles. The van der Waals surface area contributed by atoms with E-state index in [2.05, 4.69) is 5.32 Å². The van der Waals surface area contributed by atoms with Crippen LogP contribution in [0.4, 0.5) is 5.69 Å². The van der Waals surface area contributed by atoms with Gasteiger partial charge in [0.25, 0.3) is 5.69 Å². The van der Waals surface area contributed by atoms with Gasteiger partial charge in [-0.15, -0.1) is 0 Å². The lowest BCUT2D eigenvalue weighted by molar-refractivity contribution is -0.384. The molecule has 0 fully saturated rings. The Labute approximate surface area is 118 Å². The van der Waals surface area contributed by atoms with E-state index in [4.69, 9.17) is 0 Å². The predicted octanol–water partition coefficient (Wildman–Crippen LogP) is 0.966. The Morgan fingerprint density at radius 3 is 2.40 bits per heavy atom. The molecule has 0 heterocycles. The summed E-state index contributed by atoms with van der Waals surface area (Å²) < 4.78 is 25.5. The minimum atomic E-state index is -3.39. The highest BCUT2D eigenvalue weighted by Crippen LogP contribution is 2.15. The van der Waals surface area contributed by atoms with Crippen LogP contribution in [0, 0.1) is 10.1 Å². The minimum absolute atomic E-state index is 0.0477. The zero-order valence-corrected chi connectivity index (χ0v) is 12.4. The largest absolute Gasteiger partial charge is 0.320 e. The van der Waals surface area contributed by atoms with Gasteiger partial charge >= 0.3 is 0 Å². The van der Waals surface area contributed by atoms with Crippen molar-refractivity contribution in [2.75, 3.05) is 27.2 Å². The van der Waals surface area contributed by atoms with Crippen molar-refractivity contribution in [2.45, 2.75) is 12.2 Å². The monoisotopic (exact) mass is 301 g/mol. The van der Waals surface area contributed by atoms with E-state index in [0.717, 1.165) is 13.0 Å². The standard InChI is InChI=1S/C12H19N3O4S/c1-13-8-3-9-14(2)20(18,19)10-11-4-6-12(7-5-11)15(16)17/h4-7,13H,3,8-10H2,1-2H3. The molecule has 7 nitrogen and oxygen atoms in total. The van der Waals surface area contributed by atoms with Gasteiger partial charge in [0.05, 0.1) is 10.7 Å². The Balaban J connectivity index is 2.67. The van der Waals surface area contributed by atoms with E-state index in [1.807, 2.05) is 7.05 Å². The maximum absolute atomic E-state index is 12.1. The summed E-state index contributed by atoms with van der Waals surface area (Å²) in [5.41, 5.74) is 0.490. The molecule has 0 amide bonds. The second-order valence-corrected chi connectivity index (χ2v) is 6.53. The van der Waals surface area contributed by atoms with Crippen LogP contribution in [0.2, 0.25) is 0 Å². The van der Waals surface area contributed by atoms with Crippen molar-refractivity contribution in [3.05, 3.63) is 39.9 Å². The third-order valence-corrected chi connectivity index (χ3v) is 4.70. The zero-order chi connectivity index (χ0) is 15.2. The molecule has 8 heteroatoms. The first kappa shape index (κ1) is 16.5. The van der Waals surface area contributed by atoms with Crippen LogP contribution in [0.25, 0.3) is 0 Å². The highest BCUT2D eigenvalue weighted by atomic mass is 32.2. The summed E-state index contributed by atoms with van der Waals surface area (Å²) in [6, 6.07) is 5.56. The Kier molecular flexibility index (Phi) is 6.05. The fourth-order valence-corrected chi connectivity index (χ4v) is 2.89. The molecule has 0 radical (unpaired) electrons. The molecular weight excluding hydrogens is 282 g/mol. The van der Waals surface area contributed by atoms with Gasteiger partial charge in [-0.05, 0) is 25.6 Å². The van der Waals surface area contributed by atoms with Gasteiger partial charge in [-0.3, -0.25) is 10.1 Å². The fourth-order valence-electron chi connectivity index (χ4n) is 1.65. The molecule has 0 atom stereocenters. The number of benzene rings is 1. The molecule has 20 heavy (non-hydrogen) atoms. The Bertz CT molecular complexity index is 542. The van der Waals surface area contributed by atoms with Gasteiger partial charge in [0.15, 0.2) is 0 Å². The van der Waals surface area contributed by atoms with Crippen LogP contribution in [-0.4, -0.2) is 44.8 Å². The molecule has 0 aliphatic carbocycles. The first-order valence-electron chi connectivity index (χ1n) is 6.19. The van der Waals surface area contributed by atoms with Crippen molar-refractivity contribution in [2.24, 2.45) is 0 Å². The summed E-state index contributed by atoms with van der Waals surface area (Å²) in [6.45, 7) is 1.19. The smallest absolute Gasteiger partial charge is 0.269 e. The number of nitrogens with one attached hydrogen (secondary N) is 1. The Morgan fingerprint density at radius 2 is 1.90 bits per heavy atom. The van der Waals surface area contributed by atoms with Crippen LogP contribution in [0.15, 0.2) is 24.3 Å². The lowest BCUT2D eigenvalue weighted by atomic mass is 10.2. The van der Waals surface area contributed by atoms with Gasteiger partial charge in [-0.1, -0.05) is 12.1 Å². The molecule has 1 aromatic carbocycles. The summed E-state index contributed by atoms with van der Waals surface area (Å²) in [4.78, 5) is 10.0. The zero-order valence-electron chi connectivity index (χ0n) is 11.6. The first-order chi connectivity index (χ1) is 9.36. The third-order valence-electron chi connectivity index (χ3n) is 2.87. The second-order valence-electron chi connectivity index (χ2n) is 4.46. The van der Waals surface area contributed by atoms with E-state index in [9.17, 15) is 18.5 Å². The Morgan fingerprint density at radius 1 is 1.30 bits per heavy atom. The average Bonchev–Trinajstić information content (AvgIpc) is 2.39. The van der Waals surface area contributed by atoms with E-state index in [1.54, 1.807) is 0 Å². The topological polar surface area (TPSA) is 92.6 Å². The van der Waals surface area contributed by atoms with Crippen molar-refractivity contribution in [3.63, 3.8) is 0 Å². The molecule has 0 aliphatic rings. The maximum atomic E-state index is 12.1. The lowest BCUT2D eigenvalue weighted by Gasteiger charge is -2.17. The molecule has 0 saturated carbocycles. The molecule has 1 aromatic rings. The number of rotatable bonds is 8. The predicted molar refractivity (Wildman–Crippen MR) is 76.9 cm³/mol. The van der Waals surface area contributed by atoms with Crippen molar-refractivity contribution >= 4 is 15.7 Å². The average molecular weight is 301 g/mol. The third kappa shape index (κ3) is 4.87. The van der Waals surface area contributed by atoms with Crippen molar-refractivity contribution in [3.8, 4) is 0 Å². The number of hydrogen-bond acceptors (Lipinski definition) is 5. The molecule has 1 rings (SSSR count). The molecule has 0 bridgehead atoms. The van der Waals surface area contributed by atoms with E-state index in [1.165, 1.54) is 35.6 Å². The van der Waals surface area contributed by atoms with Crippen LogP contribution in [0.5, 0.6) is 0 Å². The number of nitrogens with zero attached hydrogens (tertiary/aromatic N) is 2. The number of hydrogen-bond donors (Lipinski definition) is 1. The van der Waals surface area contributed by atoms with Crippen molar-refractivity contribution < 1.29 is 13.3 Å². The number of non-ortho nitro benzene ring substituents is 1. The first-order valence-corrected chi connectivity index (χ1v) is 7.79. The van der Waals surface area contributed by atoms with Gasteiger partial charge in [0, 0.05) is 25.7 Å². The number of nitro benzene ring substituents is 1. The summed E-state index contributed by atoms with van der Waals surface area (Å²) in [5.74, 6) is -0.152. The quantitative estimate of drug-likeness (QED) is 0.439. The minimum Gasteiger partial charge on any atom is -0.320 e. The van der Waals surface area contributed by atoms with Crippen LogP contribution >= 0.6 is 0 Å². The number of sulfonamides is 1. The van der Waals surface area contributed by atoms with Crippen LogP contribution in [-0.2, 0) is 15.8 Å². The Hall–Kier alpha value is -1.51. The lowest BCUT2D eigenvalue weighted by Crippen LogP contribution is -2.30. The van der Waals surface area contributed by atoms with Crippen LogP contribution in [0.3, 0.4) is 0 Å². The van der Waals surface area contributed by atoms with Crippen LogP contribution in [0.1, 0.15) is 12.0 Å². The van der Waals surface area contributed by atoms with E-state index < -0.39 is 14.9 Å².